The summed E-state index contributed by atoms with van der Waals surface area (Å²) >= 11 is 0. The van der Waals surface area contributed by atoms with Gasteiger partial charge in [0, 0.05) is 11.6 Å². The van der Waals surface area contributed by atoms with E-state index in [0.717, 1.165) is 12.1 Å². The van der Waals surface area contributed by atoms with Crippen molar-refractivity contribution >= 4 is 17.8 Å². The molecule has 0 aliphatic carbocycles. The van der Waals surface area contributed by atoms with Gasteiger partial charge in [0.2, 0.25) is 5.91 Å². The van der Waals surface area contributed by atoms with Gasteiger partial charge in [-0.3, -0.25) is 14.4 Å². The van der Waals surface area contributed by atoms with Crippen LogP contribution in [-0.2, 0) is 14.3 Å². The average molecular weight is 328 g/mol. The summed E-state index contributed by atoms with van der Waals surface area (Å²) in [6.07, 6.45) is -0.140. The van der Waals surface area contributed by atoms with Crippen LogP contribution in [0.25, 0.3) is 0 Å². The SMILES string of the molecule is CCOC(=O)C[C@@H](C)[C@@H](NC(=O)c1cc(F)cc(F)c1)C(N)=O. The lowest BCUT2D eigenvalue weighted by atomic mass is 9.97. The van der Waals surface area contributed by atoms with E-state index in [1.165, 1.54) is 6.92 Å². The number of nitrogens with one attached hydrogen (secondary N) is 1. The van der Waals surface area contributed by atoms with Crippen LogP contribution >= 0.6 is 0 Å². The van der Waals surface area contributed by atoms with Gasteiger partial charge in [0.25, 0.3) is 5.91 Å². The first-order valence-electron chi connectivity index (χ1n) is 6.96. The molecular weight excluding hydrogens is 310 g/mol. The molecule has 0 bridgehead atoms. The fourth-order valence-electron chi connectivity index (χ4n) is 2.00. The van der Waals surface area contributed by atoms with Crippen molar-refractivity contribution in [1.82, 2.24) is 5.32 Å². The third-order valence-corrected chi connectivity index (χ3v) is 3.08. The molecule has 0 unspecified atom stereocenters. The molecule has 3 N–H and O–H groups in total. The number of halogens is 2. The number of hydrogen-bond donors (Lipinski definition) is 2. The van der Waals surface area contributed by atoms with Crippen LogP contribution in [0.1, 0.15) is 30.6 Å². The van der Waals surface area contributed by atoms with Gasteiger partial charge in [-0.05, 0) is 25.0 Å². The number of ether oxygens (including phenoxy) is 1. The lowest BCUT2D eigenvalue weighted by Gasteiger charge is -2.21. The zero-order valence-electron chi connectivity index (χ0n) is 12.8. The maximum absolute atomic E-state index is 13.1. The summed E-state index contributed by atoms with van der Waals surface area (Å²) in [5.41, 5.74) is 4.93. The summed E-state index contributed by atoms with van der Waals surface area (Å²) in [6, 6.07) is 1.09. The molecule has 2 amide bonds. The summed E-state index contributed by atoms with van der Waals surface area (Å²) in [5, 5.41) is 2.28. The molecule has 2 atom stereocenters. The minimum atomic E-state index is -1.18. The fraction of sp³-hybridized carbons (Fsp3) is 0.400. The van der Waals surface area contributed by atoms with E-state index in [0.29, 0.717) is 6.07 Å². The van der Waals surface area contributed by atoms with Crippen LogP contribution in [0.3, 0.4) is 0 Å². The number of hydrogen-bond acceptors (Lipinski definition) is 4. The van der Waals surface area contributed by atoms with Crippen LogP contribution in [0.2, 0.25) is 0 Å². The second-order valence-corrected chi connectivity index (χ2v) is 5.00. The minimum Gasteiger partial charge on any atom is -0.466 e. The Kier molecular flexibility index (Phi) is 6.62. The maximum Gasteiger partial charge on any atom is 0.306 e. The summed E-state index contributed by atoms with van der Waals surface area (Å²) in [4.78, 5) is 34.9. The smallest absolute Gasteiger partial charge is 0.306 e. The number of nitrogens with two attached hydrogens (primary N) is 1. The Morgan fingerprint density at radius 1 is 1.22 bits per heavy atom. The van der Waals surface area contributed by atoms with E-state index in [1.807, 2.05) is 0 Å². The third-order valence-electron chi connectivity index (χ3n) is 3.08. The highest BCUT2D eigenvalue weighted by molar-refractivity contribution is 5.97. The largest absolute Gasteiger partial charge is 0.466 e. The van der Waals surface area contributed by atoms with E-state index in [9.17, 15) is 23.2 Å². The normalized spacial score (nSPS) is 13.0. The van der Waals surface area contributed by atoms with Gasteiger partial charge < -0.3 is 15.8 Å². The summed E-state index contributed by atoms with van der Waals surface area (Å²) in [5.74, 6) is -4.78. The molecular formula is C15H18F2N2O4. The molecule has 1 rings (SSSR count). The molecule has 0 radical (unpaired) electrons. The quantitative estimate of drug-likeness (QED) is 0.733. The molecule has 0 aromatic heterocycles. The van der Waals surface area contributed by atoms with E-state index in [2.05, 4.69) is 5.32 Å². The Balaban J connectivity index is 2.84. The number of primary amides is 1. The molecule has 0 aliphatic heterocycles. The number of rotatable bonds is 7. The first-order chi connectivity index (χ1) is 10.7. The number of esters is 1. The molecule has 0 saturated heterocycles. The van der Waals surface area contributed by atoms with Gasteiger partial charge >= 0.3 is 5.97 Å². The highest BCUT2D eigenvalue weighted by Crippen LogP contribution is 2.12. The van der Waals surface area contributed by atoms with Crippen molar-refractivity contribution in [2.24, 2.45) is 11.7 Å². The van der Waals surface area contributed by atoms with Crippen molar-refractivity contribution in [2.45, 2.75) is 26.3 Å². The molecule has 8 heteroatoms. The van der Waals surface area contributed by atoms with Gasteiger partial charge in [-0.25, -0.2) is 8.78 Å². The molecule has 0 saturated carbocycles. The van der Waals surface area contributed by atoms with Gasteiger partial charge in [-0.15, -0.1) is 0 Å². The topological polar surface area (TPSA) is 98.5 Å². The fourth-order valence-corrected chi connectivity index (χ4v) is 2.00. The molecule has 1 aromatic rings. The predicted molar refractivity (Wildman–Crippen MR) is 77.2 cm³/mol. The molecule has 1 aromatic carbocycles. The number of carbonyl (C=O) groups is 3. The van der Waals surface area contributed by atoms with E-state index < -0.39 is 41.4 Å². The molecule has 0 fully saturated rings. The van der Waals surface area contributed by atoms with Crippen molar-refractivity contribution < 1.29 is 27.9 Å². The molecule has 23 heavy (non-hydrogen) atoms. The summed E-state index contributed by atoms with van der Waals surface area (Å²) in [7, 11) is 0. The Morgan fingerprint density at radius 2 is 1.78 bits per heavy atom. The Bertz CT molecular complexity index is 587. The summed E-state index contributed by atoms with van der Waals surface area (Å²) in [6.45, 7) is 3.34. The van der Waals surface area contributed by atoms with Crippen molar-refractivity contribution in [2.75, 3.05) is 6.61 Å². The highest BCUT2D eigenvalue weighted by Gasteiger charge is 2.27. The second-order valence-electron chi connectivity index (χ2n) is 5.00. The molecule has 126 valence electrons. The van der Waals surface area contributed by atoms with E-state index in [4.69, 9.17) is 10.5 Å². The van der Waals surface area contributed by atoms with Crippen LogP contribution in [0, 0.1) is 17.6 Å². The minimum absolute atomic E-state index is 0.140. The monoisotopic (exact) mass is 328 g/mol. The maximum atomic E-state index is 13.1. The third kappa shape index (κ3) is 5.65. The average Bonchev–Trinajstić information content (AvgIpc) is 2.42. The molecule has 0 heterocycles. The lowest BCUT2D eigenvalue weighted by molar-refractivity contribution is -0.144. The zero-order valence-corrected chi connectivity index (χ0v) is 12.8. The van der Waals surface area contributed by atoms with E-state index in [1.54, 1.807) is 6.92 Å². The first-order valence-corrected chi connectivity index (χ1v) is 6.96. The van der Waals surface area contributed by atoms with Crippen LogP contribution < -0.4 is 11.1 Å². The van der Waals surface area contributed by atoms with Crippen molar-refractivity contribution in [3.05, 3.63) is 35.4 Å². The van der Waals surface area contributed by atoms with Gasteiger partial charge in [0.1, 0.15) is 17.7 Å². The highest BCUT2D eigenvalue weighted by atomic mass is 19.1. The van der Waals surface area contributed by atoms with Crippen LogP contribution in [-0.4, -0.2) is 30.4 Å². The summed E-state index contributed by atoms with van der Waals surface area (Å²) < 4.78 is 31.0. The molecule has 0 spiro atoms. The van der Waals surface area contributed by atoms with Gasteiger partial charge in [0.15, 0.2) is 0 Å². The van der Waals surface area contributed by atoms with Gasteiger partial charge in [-0.2, -0.15) is 0 Å². The van der Waals surface area contributed by atoms with Gasteiger partial charge in [0.05, 0.1) is 13.0 Å². The van der Waals surface area contributed by atoms with Gasteiger partial charge in [-0.1, -0.05) is 6.92 Å². The number of benzene rings is 1. The van der Waals surface area contributed by atoms with Crippen molar-refractivity contribution in [1.29, 1.82) is 0 Å². The number of carbonyl (C=O) groups excluding carboxylic acids is 3. The van der Waals surface area contributed by atoms with Crippen LogP contribution in [0.15, 0.2) is 18.2 Å². The predicted octanol–water partition coefficient (Wildman–Crippen LogP) is 1.14. The lowest BCUT2D eigenvalue weighted by Crippen LogP contribution is -2.49. The Hall–Kier alpha value is -2.51. The molecule has 6 nitrogen and oxygen atoms in total. The van der Waals surface area contributed by atoms with Crippen LogP contribution in [0.4, 0.5) is 8.78 Å². The Morgan fingerprint density at radius 3 is 2.26 bits per heavy atom. The van der Waals surface area contributed by atoms with E-state index in [-0.39, 0.29) is 18.6 Å². The Labute approximate surface area is 132 Å². The zero-order chi connectivity index (χ0) is 17.6. The standard InChI is InChI=1S/C15H18F2N2O4/c1-3-23-12(20)4-8(2)13(14(18)21)19-15(22)9-5-10(16)7-11(17)6-9/h5-8,13H,3-4H2,1-2H3,(H2,18,21)(H,19,22)/t8-,13-/m1/s1. The number of amides is 2. The second kappa shape index (κ2) is 8.21. The van der Waals surface area contributed by atoms with Crippen molar-refractivity contribution in [3.8, 4) is 0 Å². The van der Waals surface area contributed by atoms with E-state index >= 15 is 0 Å². The first kappa shape index (κ1) is 18.5. The molecule has 0 aliphatic rings. The van der Waals surface area contributed by atoms with Crippen molar-refractivity contribution in [3.63, 3.8) is 0 Å². The van der Waals surface area contributed by atoms with Crippen LogP contribution in [0.5, 0.6) is 0 Å².